The van der Waals surface area contributed by atoms with Gasteiger partial charge < -0.3 is 23.9 Å². The zero-order valence-electron chi connectivity index (χ0n) is 20.0. The number of aldehydes is 1. The first-order chi connectivity index (χ1) is 16.3. The molecule has 0 fully saturated rings. The molecule has 0 spiro atoms. The number of furan rings is 1. The molecule has 3 rings (SSSR count). The predicted molar refractivity (Wildman–Crippen MR) is 125 cm³/mol. The lowest BCUT2D eigenvalue weighted by atomic mass is 9.80. The number of dihydropyridines is 1. The molecule has 0 radical (unpaired) electrons. The SMILES string of the molecule is COCCOC(=O)C1=C(C)NC(C)=C(C(=O)OC(C)C)C1c1cccc(-c2ccc(C=O)o2)c1. The van der Waals surface area contributed by atoms with E-state index in [1.54, 1.807) is 45.9 Å². The van der Waals surface area contributed by atoms with Crippen molar-refractivity contribution < 1.29 is 33.0 Å². The lowest BCUT2D eigenvalue weighted by molar-refractivity contribution is -0.143. The number of ether oxygens (including phenoxy) is 3. The second-order valence-corrected chi connectivity index (χ2v) is 8.16. The standard InChI is InChI=1S/C26H29NO7/c1-15(2)33-26(30)23-17(4)27-16(3)22(25(29)32-12-11-31-5)24(23)19-8-6-7-18(13-19)21-10-9-20(14-28)34-21/h6-10,13-15,24,27H,11-12H2,1-5H3. The van der Waals surface area contributed by atoms with Crippen LogP contribution in [0.1, 0.15) is 49.7 Å². The number of methoxy groups -OCH3 is 1. The average Bonchev–Trinajstić information content (AvgIpc) is 3.27. The summed E-state index contributed by atoms with van der Waals surface area (Å²) in [7, 11) is 1.52. The summed E-state index contributed by atoms with van der Waals surface area (Å²) < 4.78 is 21.5. The molecule has 0 saturated heterocycles. The Kier molecular flexibility index (Phi) is 8.07. The van der Waals surface area contributed by atoms with Crippen molar-refractivity contribution >= 4 is 18.2 Å². The summed E-state index contributed by atoms with van der Waals surface area (Å²) in [5.41, 5.74) is 3.18. The molecule has 1 atom stereocenters. The van der Waals surface area contributed by atoms with Crippen LogP contribution in [-0.4, -0.2) is 44.7 Å². The van der Waals surface area contributed by atoms with Crippen molar-refractivity contribution in [2.24, 2.45) is 0 Å². The molecule has 0 amide bonds. The lowest BCUT2D eigenvalue weighted by Crippen LogP contribution is -2.33. The summed E-state index contributed by atoms with van der Waals surface area (Å²) in [4.78, 5) is 37.4. The van der Waals surface area contributed by atoms with Crippen LogP contribution in [0.25, 0.3) is 11.3 Å². The Balaban J connectivity index is 2.11. The summed E-state index contributed by atoms with van der Waals surface area (Å²) in [5.74, 6) is -1.11. The quantitative estimate of drug-likeness (QED) is 0.333. The Labute approximate surface area is 198 Å². The Morgan fingerprint density at radius 1 is 1.06 bits per heavy atom. The van der Waals surface area contributed by atoms with Gasteiger partial charge >= 0.3 is 11.9 Å². The Hall–Kier alpha value is -3.65. The monoisotopic (exact) mass is 467 g/mol. The Morgan fingerprint density at radius 3 is 2.38 bits per heavy atom. The van der Waals surface area contributed by atoms with E-state index in [9.17, 15) is 14.4 Å². The number of rotatable bonds is 9. The maximum Gasteiger partial charge on any atom is 0.337 e. The number of carbonyl (C=O) groups is 3. The van der Waals surface area contributed by atoms with E-state index in [4.69, 9.17) is 18.6 Å². The van der Waals surface area contributed by atoms with Crippen molar-refractivity contribution in [3.05, 3.63) is 70.3 Å². The summed E-state index contributed by atoms with van der Waals surface area (Å²) in [6, 6.07) is 10.6. The van der Waals surface area contributed by atoms with Gasteiger partial charge in [-0.1, -0.05) is 18.2 Å². The predicted octanol–water partition coefficient (Wildman–Crippen LogP) is 4.14. The molecule has 34 heavy (non-hydrogen) atoms. The number of esters is 2. The van der Waals surface area contributed by atoms with Gasteiger partial charge in [-0.05, 0) is 51.5 Å². The van der Waals surface area contributed by atoms with Crippen LogP contribution >= 0.6 is 0 Å². The zero-order chi connectivity index (χ0) is 24.8. The van der Waals surface area contributed by atoms with Crippen molar-refractivity contribution in [3.8, 4) is 11.3 Å². The average molecular weight is 468 g/mol. The van der Waals surface area contributed by atoms with E-state index in [2.05, 4.69) is 5.32 Å². The molecule has 1 aliphatic heterocycles. The highest BCUT2D eigenvalue weighted by Gasteiger charge is 2.38. The van der Waals surface area contributed by atoms with Crippen LogP contribution in [0.4, 0.5) is 0 Å². The second kappa shape index (κ2) is 11.0. The van der Waals surface area contributed by atoms with E-state index >= 15 is 0 Å². The molecule has 8 nitrogen and oxygen atoms in total. The van der Waals surface area contributed by atoms with Gasteiger partial charge in [0, 0.05) is 24.1 Å². The first-order valence-corrected chi connectivity index (χ1v) is 11.0. The summed E-state index contributed by atoms with van der Waals surface area (Å²) in [6.45, 7) is 7.40. The van der Waals surface area contributed by atoms with Crippen LogP contribution < -0.4 is 5.32 Å². The number of allylic oxidation sites excluding steroid dienone is 2. The van der Waals surface area contributed by atoms with Gasteiger partial charge in [-0.2, -0.15) is 0 Å². The normalized spacial score (nSPS) is 15.9. The van der Waals surface area contributed by atoms with E-state index in [1.807, 2.05) is 18.2 Å². The fraction of sp³-hybridized carbons (Fsp3) is 0.346. The van der Waals surface area contributed by atoms with Crippen molar-refractivity contribution in [2.75, 3.05) is 20.3 Å². The first kappa shape index (κ1) is 25.0. The van der Waals surface area contributed by atoms with Crippen molar-refractivity contribution in [1.29, 1.82) is 0 Å². The molecule has 1 aromatic heterocycles. The van der Waals surface area contributed by atoms with E-state index in [1.165, 1.54) is 7.11 Å². The number of hydrogen-bond donors (Lipinski definition) is 1. The van der Waals surface area contributed by atoms with Gasteiger partial charge in [0.2, 0.25) is 0 Å². The fourth-order valence-electron chi connectivity index (χ4n) is 3.88. The maximum atomic E-state index is 13.2. The molecule has 180 valence electrons. The summed E-state index contributed by atoms with van der Waals surface area (Å²) >= 11 is 0. The van der Waals surface area contributed by atoms with E-state index in [0.717, 1.165) is 0 Å². The first-order valence-electron chi connectivity index (χ1n) is 11.0. The summed E-state index contributed by atoms with van der Waals surface area (Å²) in [5, 5.41) is 3.13. The van der Waals surface area contributed by atoms with Gasteiger partial charge in [0.25, 0.3) is 0 Å². The van der Waals surface area contributed by atoms with E-state index in [0.29, 0.717) is 45.7 Å². The molecule has 2 heterocycles. The molecule has 0 bridgehead atoms. The van der Waals surface area contributed by atoms with Gasteiger partial charge in [0.05, 0.1) is 29.8 Å². The molecule has 0 saturated carbocycles. The number of carbonyl (C=O) groups excluding carboxylic acids is 3. The molecule has 1 aromatic carbocycles. The van der Waals surface area contributed by atoms with Gasteiger partial charge in [-0.3, -0.25) is 4.79 Å². The fourth-order valence-corrected chi connectivity index (χ4v) is 3.88. The zero-order valence-corrected chi connectivity index (χ0v) is 20.0. The van der Waals surface area contributed by atoms with Gasteiger partial charge in [-0.25, -0.2) is 9.59 Å². The molecule has 0 aliphatic carbocycles. The minimum Gasteiger partial charge on any atom is -0.460 e. The van der Waals surface area contributed by atoms with Gasteiger partial charge in [-0.15, -0.1) is 0 Å². The number of benzene rings is 1. The maximum absolute atomic E-state index is 13.2. The second-order valence-electron chi connectivity index (χ2n) is 8.16. The molecule has 1 unspecified atom stereocenters. The third-order valence-corrected chi connectivity index (χ3v) is 5.31. The minimum absolute atomic E-state index is 0.0776. The molecule has 1 N–H and O–H groups in total. The highest BCUT2D eigenvalue weighted by molar-refractivity contribution is 6.00. The highest BCUT2D eigenvalue weighted by atomic mass is 16.6. The minimum atomic E-state index is -0.733. The van der Waals surface area contributed by atoms with Gasteiger partial charge in [0.1, 0.15) is 12.4 Å². The molecular formula is C26H29NO7. The molecule has 8 heteroatoms. The number of nitrogens with one attached hydrogen (secondary N) is 1. The van der Waals surface area contributed by atoms with Crippen LogP contribution in [-0.2, 0) is 23.8 Å². The smallest absolute Gasteiger partial charge is 0.337 e. The lowest BCUT2D eigenvalue weighted by Gasteiger charge is -2.31. The molecular weight excluding hydrogens is 438 g/mol. The molecule has 1 aliphatic rings. The summed E-state index contributed by atoms with van der Waals surface area (Å²) in [6.07, 6.45) is 0.292. The highest BCUT2D eigenvalue weighted by Crippen LogP contribution is 2.40. The third-order valence-electron chi connectivity index (χ3n) is 5.31. The number of hydrogen-bond acceptors (Lipinski definition) is 8. The van der Waals surface area contributed by atoms with Crippen LogP contribution in [0.2, 0.25) is 0 Å². The van der Waals surface area contributed by atoms with E-state index in [-0.39, 0.29) is 25.1 Å². The Morgan fingerprint density at radius 2 is 1.76 bits per heavy atom. The largest absolute Gasteiger partial charge is 0.460 e. The van der Waals surface area contributed by atoms with E-state index < -0.39 is 17.9 Å². The third kappa shape index (κ3) is 5.46. The topological polar surface area (TPSA) is 104 Å². The van der Waals surface area contributed by atoms with Crippen molar-refractivity contribution in [1.82, 2.24) is 5.32 Å². The van der Waals surface area contributed by atoms with Crippen LogP contribution in [0.5, 0.6) is 0 Å². The van der Waals surface area contributed by atoms with Crippen molar-refractivity contribution in [3.63, 3.8) is 0 Å². The van der Waals surface area contributed by atoms with Crippen molar-refractivity contribution in [2.45, 2.75) is 39.7 Å². The van der Waals surface area contributed by atoms with Crippen LogP contribution in [0.15, 0.2) is 63.4 Å². The van der Waals surface area contributed by atoms with Gasteiger partial charge in [0.15, 0.2) is 12.0 Å². The molecule has 2 aromatic rings. The van der Waals surface area contributed by atoms with Crippen LogP contribution in [0, 0.1) is 0 Å². The Bertz CT molecular complexity index is 1140. The van der Waals surface area contributed by atoms with Crippen LogP contribution in [0.3, 0.4) is 0 Å².